The van der Waals surface area contributed by atoms with Crippen LogP contribution in [0, 0.1) is 0 Å². The van der Waals surface area contributed by atoms with Crippen molar-refractivity contribution in [2.24, 2.45) is 0 Å². The standard InChI is InChI=1S/C16H23N7OS/c1-3-7-22-8-5-11-12(10-22)25-15-13(11)14(17-6-4-9-24-2)18-16-19-20-21-23(15)16/h3-10H2,1-2H3,(H,17,18,19,21)/p+1. The van der Waals surface area contributed by atoms with E-state index in [4.69, 9.17) is 4.74 Å². The van der Waals surface area contributed by atoms with Gasteiger partial charge in [-0.2, -0.15) is 9.50 Å². The number of fused-ring (bicyclic) bond motifs is 5. The van der Waals surface area contributed by atoms with Crippen LogP contribution < -0.4 is 10.2 Å². The van der Waals surface area contributed by atoms with Gasteiger partial charge in [0, 0.05) is 26.7 Å². The molecule has 1 aliphatic rings. The average Bonchev–Trinajstić information content (AvgIpc) is 3.22. The highest BCUT2D eigenvalue weighted by atomic mass is 32.1. The molecule has 1 aliphatic heterocycles. The van der Waals surface area contributed by atoms with E-state index < -0.39 is 0 Å². The lowest BCUT2D eigenvalue weighted by Crippen LogP contribution is -3.11. The van der Waals surface area contributed by atoms with Crippen LogP contribution in [0.5, 0.6) is 0 Å². The maximum atomic E-state index is 5.14. The molecule has 0 saturated heterocycles. The molecule has 4 heterocycles. The van der Waals surface area contributed by atoms with Crippen LogP contribution in [0.1, 0.15) is 30.2 Å². The summed E-state index contributed by atoms with van der Waals surface area (Å²) in [5, 5.41) is 16.7. The van der Waals surface area contributed by atoms with Crippen molar-refractivity contribution in [1.82, 2.24) is 25.0 Å². The summed E-state index contributed by atoms with van der Waals surface area (Å²) < 4.78 is 6.91. The number of ether oxygens (including phenoxy) is 1. The van der Waals surface area contributed by atoms with Gasteiger partial charge < -0.3 is 15.0 Å². The van der Waals surface area contributed by atoms with E-state index in [1.807, 2.05) is 11.3 Å². The number of thiophene rings is 1. The van der Waals surface area contributed by atoms with E-state index in [0.717, 1.165) is 43.2 Å². The predicted molar refractivity (Wildman–Crippen MR) is 97.3 cm³/mol. The molecule has 3 aromatic rings. The number of nitrogens with one attached hydrogen (secondary N) is 2. The Bertz CT molecular complexity index is 874. The van der Waals surface area contributed by atoms with Crippen LogP contribution in [0.25, 0.3) is 16.0 Å². The Morgan fingerprint density at radius 2 is 2.32 bits per heavy atom. The second-order valence-electron chi connectivity index (χ2n) is 6.48. The summed E-state index contributed by atoms with van der Waals surface area (Å²) in [5.74, 6) is 1.46. The molecule has 0 amide bonds. The first-order valence-corrected chi connectivity index (χ1v) is 9.72. The number of anilines is 1. The van der Waals surface area contributed by atoms with Gasteiger partial charge in [0.05, 0.1) is 23.4 Å². The third-order valence-corrected chi connectivity index (χ3v) is 5.93. The number of hydrogen-bond donors (Lipinski definition) is 2. The van der Waals surface area contributed by atoms with E-state index in [1.54, 1.807) is 16.5 Å². The largest absolute Gasteiger partial charge is 0.385 e. The predicted octanol–water partition coefficient (Wildman–Crippen LogP) is 0.533. The zero-order chi connectivity index (χ0) is 17.2. The quantitative estimate of drug-likeness (QED) is 0.597. The van der Waals surface area contributed by atoms with Gasteiger partial charge >= 0.3 is 0 Å². The molecule has 0 radical (unpaired) electrons. The third kappa shape index (κ3) is 3.07. The highest BCUT2D eigenvalue weighted by Gasteiger charge is 2.27. The van der Waals surface area contributed by atoms with Gasteiger partial charge in [-0.3, -0.25) is 0 Å². The first kappa shape index (κ1) is 16.6. The molecule has 8 nitrogen and oxygen atoms in total. The van der Waals surface area contributed by atoms with Gasteiger partial charge in [0.1, 0.15) is 17.2 Å². The minimum absolute atomic E-state index is 0.554. The van der Waals surface area contributed by atoms with Crippen molar-refractivity contribution in [3.05, 3.63) is 10.4 Å². The van der Waals surface area contributed by atoms with Crippen molar-refractivity contribution >= 4 is 33.1 Å². The number of tetrazole rings is 1. The second kappa shape index (κ2) is 7.19. The SMILES string of the molecule is CCC[NH+]1CCc2c(sc3c2c(NCCCOC)nc2nnnn23)C1. The number of rotatable bonds is 7. The second-order valence-corrected chi connectivity index (χ2v) is 7.57. The van der Waals surface area contributed by atoms with Gasteiger partial charge in [0.2, 0.25) is 0 Å². The van der Waals surface area contributed by atoms with Gasteiger partial charge in [-0.05, 0) is 28.8 Å². The van der Waals surface area contributed by atoms with Gasteiger partial charge in [-0.25, -0.2) is 0 Å². The molecular formula is C16H24N7OS+. The molecule has 4 rings (SSSR count). The third-order valence-electron chi connectivity index (χ3n) is 4.73. The summed E-state index contributed by atoms with van der Waals surface area (Å²) in [6.45, 7) is 7.32. The molecule has 1 unspecified atom stereocenters. The van der Waals surface area contributed by atoms with Crippen LogP contribution in [0.4, 0.5) is 5.82 Å². The fraction of sp³-hybridized carbons (Fsp3) is 0.625. The summed E-state index contributed by atoms with van der Waals surface area (Å²) in [6.07, 6.45) is 3.25. The molecule has 0 aromatic carbocycles. The molecule has 9 heteroatoms. The molecule has 3 aromatic heterocycles. The molecule has 0 spiro atoms. The molecular weight excluding hydrogens is 338 g/mol. The smallest absolute Gasteiger partial charge is 0.276 e. The van der Waals surface area contributed by atoms with Crippen molar-refractivity contribution in [2.75, 3.05) is 38.7 Å². The Morgan fingerprint density at radius 3 is 3.16 bits per heavy atom. The lowest BCUT2D eigenvalue weighted by atomic mass is 10.0. The molecule has 0 fully saturated rings. The average molecular weight is 362 g/mol. The molecule has 0 aliphatic carbocycles. The summed E-state index contributed by atoms with van der Waals surface area (Å²) in [6, 6.07) is 0. The zero-order valence-corrected chi connectivity index (χ0v) is 15.5. The molecule has 1 atom stereocenters. The van der Waals surface area contributed by atoms with Crippen molar-refractivity contribution in [2.45, 2.75) is 32.7 Å². The van der Waals surface area contributed by atoms with E-state index in [9.17, 15) is 0 Å². The number of methoxy groups -OCH3 is 1. The topological polar surface area (TPSA) is 81.7 Å². The number of hydrogen-bond acceptors (Lipinski definition) is 7. The van der Waals surface area contributed by atoms with E-state index in [-0.39, 0.29) is 0 Å². The Balaban J connectivity index is 1.75. The summed E-state index contributed by atoms with van der Waals surface area (Å²) in [5.41, 5.74) is 1.43. The van der Waals surface area contributed by atoms with Crippen LogP contribution >= 0.6 is 11.3 Å². The fourth-order valence-electron chi connectivity index (χ4n) is 3.57. The Hall–Kier alpha value is -1.84. The first-order chi connectivity index (χ1) is 12.3. The van der Waals surface area contributed by atoms with Crippen LogP contribution in [-0.4, -0.2) is 58.4 Å². The van der Waals surface area contributed by atoms with E-state index in [2.05, 4.69) is 32.7 Å². The summed E-state index contributed by atoms with van der Waals surface area (Å²) in [4.78, 5) is 8.89. The van der Waals surface area contributed by atoms with Crippen molar-refractivity contribution in [1.29, 1.82) is 0 Å². The van der Waals surface area contributed by atoms with E-state index >= 15 is 0 Å². The van der Waals surface area contributed by atoms with E-state index in [0.29, 0.717) is 5.78 Å². The van der Waals surface area contributed by atoms with E-state index in [1.165, 1.54) is 35.3 Å². The maximum absolute atomic E-state index is 5.14. The monoisotopic (exact) mass is 362 g/mol. The maximum Gasteiger partial charge on any atom is 0.276 e. The fourth-order valence-corrected chi connectivity index (χ4v) is 4.94. The highest BCUT2D eigenvalue weighted by molar-refractivity contribution is 7.19. The zero-order valence-electron chi connectivity index (χ0n) is 14.7. The minimum atomic E-state index is 0.554. The Kier molecular flexibility index (Phi) is 4.78. The van der Waals surface area contributed by atoms with Crippen LogP contribution in [0.3, 0.4) is 0 Å². The van der Waals surface area contributed by atoms with Crippen molar-refractivity contribution in [3.63, 3.8) is 0 Å². The first-order valence-electron chi connectivity index (χ1n) is 8.90. The van der Waals surface area contributed by atoms with Crippen molar-refractivity contribution < 1.29 is 9.64 Å². The van der Waals surface area contributed by atoms with Gasteiger partial charge in [0.25, 0.3) is 5.78 Å². The molecule has 25 heavy (non-hydrogen) atoms. The lowest BCUT2D eigenvalue weighted by Gasteiger charge is -2.23. The molecule has 2 N–H and O–H groups in total. The van der Waals surface area contributed by atoms with Crippen LogP contribution in [-0.2, 0) is 17.7 Å². The number of aromatic nitrogens is 5. The summed E-state index contributed by atoms with van der Waals surface area (Å²) in [7, 11) is 1.73. The van der Waals surface area contributed by atoms with Gasteiger partial charge in [-0.15, -0.1) is 11.3 Å². The van der Waals surface area contributed by atoms with Gasteiger partial charge in [0.15, 0.2) is 0 Å². The molecule has 0 saturated carbocycles. The Morgan fingerprint density at radius 1 is 1.40 bits per heavy atom. The minimum Gasteiger partial charge on any atom is -0.385 e. The highest BCUT2D eigenvalue weighted by Crippen LogP contribution is 2.36. The molecule has 0 bridgehead atoms. The van der Waals surface area contributed by atoms with Gasteiger partial charge in [-0.1, -0.05) is 12.0 Å². The van der Waals surface area contributed by atoms with Crippen LogP contribution in [0.2, 0.25) is 0 Å². The Labute approximate surface area is 150 Å². The molecule has 134 valence electrons. The van der Waals surface area contributed by atoms with Crippen LogP contribution in [0.15, 0.2) is 0 Å². The number of quaternary nitrogens is 1. The van der Waals surface area contributed by atoms with Crippen molar-refractivity contribution in [3.8, 4) is 0 Å². The lowest BCUT2D eigenvalue weighted by molar-refractivity contribution is -0.915. The normalized spacial score (nSPS) is 17.3. The number of nitrogens with zero attached hydrogens (tertiary/aromatic N) is 5. The summed E-state index contributed by atoms with van der Waals surface area (Å²) >= 11 is 1.82.